The molecule has 0 unspecified atom stereocenters. The van der Waals surface area contributed by atoms with E-state index in [1.165, 1.54) is 4.90 Å². The van der Waals surface area contributed by atoms with E-state index in [1.807, 2.05) is 13.8 Å². The number of hydrogen-bond donors (Lipinski definition) is 1. The summed E-state index contributed by atoms with van der Waals surface area (Å²) in [5, 5.41) is 9.39. The molecule has 0 aromatic heterocycles. The van der Waals surface area contributed by atoms with Gasteiger partial charge >= 0.3 is 0 Å². The van der Waals surface area contributed by atoms with Gasteiger partial charge in [-0.2, -0.15) is 0 Å². The third-order valence-corrected chi connectivity index (χ3v) is 3.83. The number of rotatable bonds is 2. The van der Waals surface area contributed by atoms with Gasteiger partial charge in [0, 0.05) is 19.6 Å². The van der Waals surface area contributed by atoms with Crippen LogP contribution < -0.4 is 0 Å². The van der Waals surface area contributed by atoms with Gasteiger partial charge in [-0.3, -0.25) is 9.69 Å². The van der Waals surface area contributed by atoms with Crippen LogP contribution in [0.3, 0.4) is 0 Å². The summed E-state index contributed by atoms with van der Waals surface area (Å²) in [6.07, 6.45) is -2.37. The summed E-state index contributed by atoms with van der Waals surface area (Å²) in [5.41, 5.74) is -0.673. The van der Waals surface area contributed by atoms with Crippen molar-refractivity contribution in [1.29, 1.82) is 0 Å². The monoisotopic (exact) mass is 260 g/mol. The molecule has 18 heavy (non-hydrogen) atoms. The van der Waals surface area contributed by atoms with Crippen molar-refractivity contribution in [1.82, 2.24) is 9.80 Å². The number of alkyl halides is 1. The molecular formula is C12H21FN2O3. The molecule has 0 spiro atoms. The third-order valence-electron chi connectivity index (χ3n) is 3.83. The molecule has 104 valence electrons. The van der Waals surface area contributed by atoms with Gasteiger partial charge in [0.2, 0.25) is 5.91 Å². The second-order valence-electron chi connectivity index (χ2n) is 5.45. The van der Waals surface area contributed by atoms with Crippen LogP contribution >= 0.6 is 0 Å². The van der Waals surface area contributed by atoms with Crippen LogP contribution in [0.5, 0.6) is 0 Å². The fraction of sp³-hybridized carbons (Fsp3) is 0.917. The van der Waals surface area contributed by atoms with Gasteiger partial charge in [0.1, 0.15) is 12.3 Å². The van der Waals surface area contributed by atoms with Gasteiger partial charge in [-0.1, -0.05) is 0 Å². The number of halogens is 1. The lowest BCUT2D eigenvalue weighted by Crippen LogP contribution is -2.58. The summed E-state index contributed by atoms with van der Waals surface area (Å²) in [4.78, 5) is 15.9. The molecule has 2 aliphatic heterocycles. The van der Waals surface area contributed by atoms with Crippen LogP contribution in [0, 0.1) is 0 Å². The Morgan fingerprint density at radius 1 is 1.33 bits per heavy atom. The molecule has 1 amide bonds. The van der Waals surface area contributed by atoms with Gasteiger partial charge < -0.3 is 14.7 Å². The van der Waals surface area contributed by atoms with Crippen LogP contribution in [0.25, 0.3) is 0 Å². The molecule has 0 aromatic rings. The highest BCUT2D eigenvalue weighted by Gasteiger charge is 2.43. The Balaban J connectivity index is 2.02. The Labute approximate surface area is 106 Å². The fourth-order valence-electron chi connectivity index (χ4n) is 2.56. The topological polar surface area (TPSA) is 53.0 Å². The van der Waals surface area contributed by atoms with Crippen molar-refractivity contribution in [3.05, 3.63) is 0 Å². The lowest BCUT2D eigenvalue weighted by Gasteiger charge is -2.41. The van der Waals surface area contributed by atoms with E-state index in [2.05, 4.69) is 4.90 Å². The van der Waals surface area contributed by atoms with E-state index in [-0.39, 0.29) is 19.0 Å². The number of amides is 1. The largest absolute Gasteiger partial charge is 0.388 e. The summed E-state index contributed by atoms with van der Waals surface area (Å²) >= 11 is 0. The molecule has 0 aliphatic carbocycles. The second kappa shape index (κ2) is 5.11. The lowest BCUT2D eigenvalue weighted by molar-refractivity contribution is -0.144. The Hall–Kier alpha value is -0.720. The number of likely N-dealkylation sites (tertiary alicyclic amines) is 1. The Kier molecular flexibility index (Phi) is 3.89. The summed E-state index contributed by atoms with van der Waals surface area (Å²) in [6, 6.07) is 0. The van der Waals surface area contributed by atoms with Crippen LogP contribution in [-0.2, 0) is 9.53 Å². The van der Waals surface area contributed by atoms with Crippen molar-refractivity contribution in [3.63, 3.8) is 0 Å². The molecule has 2 rings (SSSR count). The van der Waals surface area contributed by atoms with Gasteiger partial charge in [0.25, 0.3) is 0 Å². The average molecular weight is 260 g/mol. The summed E-state index contributed by atoms with van der Waals surface area (Å²) in [5.74, 6) is -0.122. The maximum Gasteiger partial charge on any atom is 0.242 e. The number of carbonyl (C=O) groups is 1. The van der Waals surface area contributed by atoms with Gasteiger partial charge in [-0.15, -0.1) is 0 Å². The van der Waals surface area contributed by atoms with E-state index in [9.17, 15) is 14.3 Å². The van der Waals surface area contributed by atoms with E-state index in [4.69, 9.17) is 4.74 Å². The van der Waals surface area contributed by atoms with Gasteiger partial charge in [-0.05, 0) is 13.8 Å². The smallest absolute Gasteiger partial charge is 0.242 e. The molecule has 2 aliphatic rings. The lowest BCUT2D eigenvalue weighted by atomic mass is 10.00. The van der Waals surface area contributed by atoms with Crippen molar-refractivity contribution >= 4 is 5.91 Å². The molecule has 1 N–H and O–H groups in total. The molecule has 0 radical (unpaired) electrons. The molecular weight excluding hydrogens is 239 g/mol. The molecule has 2 atom stereocenters. The van der Waals surface area contributed by atoms with Gasteiger partial charge in [0.05, 0.1) is 25.3 Å². The molecule has 2 fully saturated rings. The minimum absolute atomic E-state index is 0.00618. The second-order valence-corrected chi connectivity index (χ2v) is 5.45. The standard InChI is InChI=1S/C12H21FN2O3/c1-12(2,15-3-5-18-6-4-15)11(17)14-7-9(13)10(16)8-14/h9-10,16H,3-8H2,1-2H3/t9-,10-/m1/s1. The predicted molar refractivity (Wildman–Crippen MR) is 64.0 cm³/mol. The third kappa shape index (κ3) is 2.50. The highest BCUT2D eigenvalue weighted by Crippen LogP contribution is 2.23. The maximum absolute atomic E-state index is 13.3. The number of nitrogens with zero attached hydrogens (tertiary/aromatic N) is 2. The first kappa shape index (κ1) is 13.7. The minimum atomic E-state index is -1.32. The highest BCUT2D eigenvalue weighted by molar-refractivity contribution is 5.86. The van der Waals surface area contributed by atoms with Crippen molar-refractivity contribution in [3.8, 4) is 0 Å². The molecule has 2 saturated heterocycles. The normalized spacial score (nSPS) is 30.8. The predicted octanol–water partition coefficient (Wildman–Crippen LogP) is -0.362. The number of aliphatic hydroxyl groups is 1. The van der Waals surface area contributed by atoms with Crippen LogP contribution in [0.15, 0.2) is 0 Å². The molecule has 5 nitrogen and oxygen atoms in total. The average Bonchev–Trinajstić information content (AvgIpc) is 2.69. The Morgan fingerprint density at radius 3 is 2.44 bits per heavy atom. The van der Waals surface area contributed by atoms with Crippen molar-refractivity contribution in [2.75, 3.05) is 39.4 Å². The number of ether oxygens (including phenoxy) is 1. The zero-order valence-electron chi connectivity index (χ0n) is 10.9. The van der Waals surface area contributed by atoms with E-state index >= 15 is 0 Å². The molecule has 0 saturated carbocycles. The molecule has 2 heterocycles. The number of carbonyl (C=O) groups excluding carboxylic acids is 1. The van der Waals surface area contributed by atoms with E-state index in [1.54, 1.807) is 0 Å². The van der Waals surface area contributed by atoms with Crippen LogP contribution in [0.2, 0.25) is 0 Å². The Bertz CT molecular complexity index is 308. The SMILES string of the molecule is CC(C)(C(=O)N1C[C@@H](O)[C@H](F)C1)N1CCOCC1. The van der Waals surface area contributed by atoms with E-state index < -0.39 is 17.8 Å². The number of β-amino-alcohol motifs (C(OH)–C–C–N with tert-alkyl or cyclic N) is 1. The Morgan fingerprint density at radius 2 is 1.94 bits per heavy atom. The summed E-state index contributed by atoms with van der Waals surface area (Å²) in [7, 11) is 0. The summed E-state index contributed by atoms with van der Waals surface area (Å²) in [6.45, 7) is 6.41. The highest BCUT2D eigenvalue weighted by atomic mass is 19.1. The first-order chi connectivity index (χ1) is 8.43. The van der Waals surface area contributed by atoms with Crippen LogP contribution in [0.4, 0.5) is 4.39 Å². The number of aliphatic hydroxyl groups excluding tert-OH is 1. The first-order valence-corrected chi connectivity index (χ1v) is 6.37. The zero-order valence-corrected chi connectivity index (χ0v) is 10.9. The number of morpholine rings is 1. The van der Waals surface area contributed by atoms with Gasteiger partial charge in [-0.25, -0.2) is 4.39 Å². The molecule has 0 bridgehead atoms. The summed E-state index contributed by atoms with van der Waals surface area (Å²) < 4.78 is 18.5. The minimum Gasteiger partial charge on any atom is -0.388 e. The fourth-order valence-corrected chi connectivity index (χ4v) is 2.56. The zero-order chi connectivity index (χ0) is 13.3. The molecule has 0 aromatic carbocycles. The maximum atomic E-state index is 13.3. The first-order valence-electron chi connectivity index (χ1n) is 6.37. The quantitative estimate of drug-likeness (QED) is 0.736. The van der Waals surface area contributed by atoms with Crippen molar-refractivity contribution in [2.24, 2.45) is 0 Å². The van der Waals surface area contributed by atoms with E-state index in [0.29, 0.717) is 26.3 Å². The van der Waals surface area contributed by atoms with Crippen LogP contribution in [-0.4, -0.2) is 78.0 Å². The molecule has 6 heteroatoms. The van der Waals surface area contributed by atoms with Gasteiger partial charge in [0.15, 0.2) is 0 Å². The van der Waals surface area contributed by atoms with Crippen LogP contribution in [0.1, 0.15) is 13.8 Å². The number of hydrogen-bond acceptors (Lipinski definition) is 4. The van der Waals surface area contributed by atoms with E-state index in [0.717, 1.165) is 0 Å². The van der Waals surface area contributed by atoms with Crippen molar-refractivity contribution < 1.29 is 19.0 Å². The van der Waals surface area contributed by atoms with Crippen molar-refractivity contribution in [2.45, 2.75) is 31.7 Å².